The Morgan fingerprint density at radius 2 is 1.88 bits per heavy atom. The fraction of sp³-hybridized carbons (Fsp3) is 0.529. The van der Waals surface area contributed by atoms with Gasteiger partial charge in [0.05, 0.1) is 10.5 Å². The van der Waals surface area contributed by atoms with Crippen molar-refractivity contribution in [2.24, 2.45) is 5.92 Å². The minimum atomic E-state index is -3.82. The number of esters is 1. The van der Waals surface area contributed by atoms with Crippen LogP contribution in [0.5, 0.6) is 0 Å². The molecule has 0 bridgehead atoms. The summed E-state index contributed by atoms with van der Waals surface area (Å²) in [7, 11) is -1.16. The Morgan fingerprint density at radius 3 is 2.46 bits per heavy atom. The van der Waals surface area contributed by atoms with Gasteiger partial charge in [0.1, 0.15) is 5.82 Å². The third kappa shape index (κ3) is 4.59. The molecule has 2 rings (SSSR count). The zero-order valence-corrected chi connectivity index (χ0v) is 15.9. The molecular formula is C17H23FN2O5S. The predicted octanol–water partition coefficient (Wildman–Crippen LogP) is 1.49. The summed E-state index contributed by atoms with van der Waals surface area (Å²) < 4.78 is 44.0. The van der Waals surface area contributed by atoms with Crippen molar-refractivity contribution in [3.05, 3.63) is 29.6 Å². The van der Waals surface area contributed by atoms with Gasteiger partial charge in [-0.15, -0.1) is 0 Å². The number of hydrogen-bond donors (Lipinski definition) is 0. The normalized spacial score (nSPS) is 16.0. The van der Waals surface area contributed by atoms with Crippen LogP contribution in [0.15, 0.2) is 23.1 Å². The SMILES string of the molecule is CC1CCN(C(=O)COC(=O)c2cc(S(=O)(=O)N(C)C)ccc2F)CC1. The number of carbonyl (C=O) groups excluding carboxylic acids is 2. The molecule has 0 atom stereocenters. The van der Waals surface area contributed by atoms with Crippen LogP contribution in [0.3, 0.4) is 0 Å². The van der Waals surface area contributed by atoms with Crippen molar-refractivity contribution in [1.82, 2.24) is 9.21 Å². The number of rotatable bonds is 5. The maximum Gasteiger partial charge on any atom is 0.341 e. The molecule has 144 valence electrons. The summed E-state index contributed by atoms with van der Waals surface area (Å²) in [6.07, 6.45) is 1.78. The van der Waals surface area contributed by atoms with Gasteiger partial charge in [-0.25, -0.2) is 21.9 Å². The molecule has 1 aliphatic heterocycles. The number of hydrogen-bond acceptors (Lipinski definition) is 5. The number of benzene rings is 1. The van der Waals surface area contributed by atoms with Crippen LogP contribution >= 0.6 is 0 Å². The van der Waals surface area contributed by atoms with Crippen molar-refractivity contribution in [3.63, 3.8) is 0 Å². The van der Waals surface area contributed by atoms with Crippen LogP contribution in [0.25, 0.3) is 0 Å². The van der Waals surface area contributed by atoms with Crippen LogP contribution in [0.1, 0.15) is 30.1 Å². The molecule has 26 heavy (non-hydrogen) atoms. The van der Waals surface area contributed by atoms with Gasteiger partial charge in [-0.2, -0.15) is 0 Å². The number of amides is 1. The number of ether oxygens (including phenoxy) is 1. The molecule has 1 aromatic rings. The second-order valence-corrected chi connectivity index (χ2v) is 8.72. The van der Waals surface area contributed by atoms with Crippen molar-refractivity contribution in [3.8, 4) is 0 Å². The monoisotopic (exact) mass is 386 g/mol. The van der Waals surface area contributed by atoms with E-state index in [1.807, 2.05) is 0 Å². The number of likely N-dealkylation sites (tertiary alicyclic amines) is 1. The highest BCUT2D eigenvalue weighted by molar-refractivity contribution is 7.89. The van der Waals surface area contributed by atoms with E-state index in [1.165, 1.54) is 14.1 Å². The fourth-order valence-corrected chi connectivity index (χ4v) is 3.51. The number of carbonyl (C=O) groups is 2. The lowest BCUT2D eigenvalue weighted by Gasteiger charge is -2.30. The molecular weight excluding hydrogens is 363 g/mol. The summed E-state index contributed by atoms with van der Waals surface area (Å²) in [5.41, 5.74) is -0.520. The largest absolute Gasteiger partial charge is 0.452 e. The summed E-state index contributed by atoms with van der Waals surface area (Å²) in [6, 6.07) is 2.88. The van der Waals surface area contributed by atoms with Gasteiger partial charge < -0.3 is 9.64 Å². The van der Waals surface area contributed by atoms with Crippen LogP contribution in [-0.4, -0.2) is 63.3 Å². The first-order valence-corrected chi connectivity index (χ1v) is 9.74. The Morgan fingerprint density at radius 1 is 1.27 bits per heavy atom. The van der Waals surface area contributed by atoms with Crippen molar-refractivity contribution >= 4 is 21.9 Å². The van der Waals surface area contributed by atoms with E-state index in [0.717, 1.165) is 35.3 Å². The fourth-order valence-electron chi connectivity index (χ4n) is 2.59. The molecule has 0 N–H and O–H groups in total. The third-order valence-electron chi connectivity index (χ3n) is 4.40. The van der Waals surface area contributed by atoms with E-state index < -0.39 is 34.0 Å². The van der Waals surface area contributed by atoms with E-state index >= 15 is 0 Å². The number of piperidine rings is 1. The molecule has 0 aliphatic carbocycles. The zero-order chi connectivity index (χ0) is 19.5. The summed E-state index contributed by atoms with van der Waals surface area (Å²) in [5.74, 6) is -1.77. The Labute approximate surface area is 152 Å². The number of sulfonamides is 1. The molecule has 1 heterocycles. The highest BCUT2D eigenvalue weighted by Gasteiger charge is 2.24. The molecule has 1 saturated heterocycles. The molecule has 1 aromatic carbocycles. The molecule has 0 unspecified atom stereocenters. The molecule has 0 aromatic heterocycles. The van der Waals surface area contributed by atoms with E-state index in [9.17, 15) is 22.4 Å². The van der Waals surface area contributed by atoms with Crippen LogP contribution in [0.2, 0.25) is 0 Å². The minimum absolute atomic E-state index is 0.229. The Hall–Kier alpha value is -2.00. The second kappa shape index (κ2) is 8.13. The van der Waals surface area contributed by atoms with Gasteiger partial charge >= 0.3 is 5.97 Å². The van der Waals surface area contributed by atoms with Crippen molar-refractivity contribution in [1.29, 1.82) is 0 Å². The van der Waals surface area contributed by atoms with E-state index in [0.29, 0.717) is 19.0 Å². The van der Waals surface area contributed by atoms with E-state index in [2.05, 4.69) is 6.92 Å². The molecule has 0 spiro atoms. The second-order valence-electron chi connectivity index (χ2n) is 6.57. The number of nitrogens with zero attached hydrogens (tertiary/aromatic N) is 2. The first-order chi connectivity index (χ1) is 12.1. The summed E-state index contributed by atoms with van der Waals surface area (Å²) >= 11 is 0. The molecule has 0 saturated carbocycles. The average molecular weight is 386 g/mol. The van der Waals surface area contributed by atoms with Crippen LogP contribution in [0.4, 0.5) is 4.39 Å². The molecule has 1 amide bonds. The smallest absolute Gasteiger partial charge is 0.341 e. The Bertz CT molecular complexity index is 786. The van der Waals surface area contributed by atoms with Gasteiger partial charge in [0.15, 0.2) is 6.61 Å². The molecule has 0 radical (unpaired) electrons. The van der Waals surface area contributed by atoms with Gasteiger partial charge in [-0.05, 0) is 37.0 Å². The van der Waals surface area contributed by atoms with Crippen molar-refractivity contribution in [2.75, 3.05) is 33.8 Å². The predicted molar refractivity (Wildman–Crippen MR) is 92.5 cm³/mol. The lowest BCUT2D eigenvalue weighted by molar-refractivity contribution is -0.135. The highest BCUT2D eigenvalue weighted by Crippen LogP contribution is 2.19. The maximum absolute atomic E-state index is 13.9. The standard InChI is InChI=1S/C17H23FN2O5S/c1-12-6-8-20(9-7-12)16(21)11-25-17(22)14-10-13(4-5-15(14)18)26(23,24)19(2)3/h4-5,10,12H,6-9,11H2,1-3H3. The van der Waals surface area contributed by atoms with E-state index in [1.54, 1.807) is 4.90 Å². The Kier molecular flexibility index (Phi) is 6.35. The van der Waals surface area contributed by atoms with Gasteiger partial charge in [0.25, 0.3) is 5.91 Å². The topological polar surface area (TPSA) is 84.0 Å². The van der Waals surface area contributed by atoms with E-state index in [4.69, 9.17) is 4.74 Å². The van der Waals surface area contributed by atoms with Gasteiger partial charge in [-0.3, -0.25) is 4.79 Å². The van der Waals surface area contributed by atoms with Crippen LogP contribution < -0.4 is 0 Å². The van der Waals surface area contributed by atoms with Crippen LogP contribution in [0, 0.1) is 11.7 Å². The maximum atomic E-state index is 13.9. The molecule has 1 aliphatic rings. The lowest BCUT2D eigenvalue weighted by Crippen LogP contribution is -2.40. The summed E-state index contributed by atoms with van der Waals surface area (Å²) in [4.78, 5) is 25.6. The number of halogens is 1. The van der Waals surface area contributed by atoms with Crippen LogP contribution in [-0.2, 0) is 19.6 Å². The van der Waals surface area contributed by atoms with Gasteiger partial charge in [-0.1, -0.05) is 6.92 Å². The first kappa shape index (κ1) is 20.3. The molecule has 1 fully saturated rings. The first-order valence-electron chi connectivity index (χ1n) is 8.30. The van der Waals surface area contributed by atoms with E-state index in [-0.39, 0.29) is 10.8 Å². The van der Waals surface area contributed by atoms with Crippen molar-refractivity contribution < 1.29 is 27.1 Å². The van der Waals surface area contributed by atoms with Crippen molar-refractivity contribution in [2.45, 2.75) is 24.7 Å². The highest BCUT2D eigenvalue weighted by atomic mass is 32.2. The quantitative estimate of drug-likeness (QED) is 0.716. The Balaban J connectivity index is 2.06. The summed E-state index contributed by atoms with van der Waals surface area (Å²) in [5, 5.41) is 0. The van der Waals surface area contributed by atoms with Gasteiger partial charge in [0.2, 0.25) is 10.0 Å². The summed E-state index contributed by atoms with van der Waals surface area (Å²) in [6.45, 7) is 2.81. The minimum Gasteiger partial charge on any atom is -0.452 e. The molecule has 9 heteroatoms. The zero-order valence-electron chi connectivity index (χ0n) is 15.1. The average Bonchev–Trinajstić information content (AvgIpc) is 2.60. The lowest BCUT2D eigenvalue weighted by atomic mass is 9.99. The third-order valence-corrected chi connectivity index (χ3v) is 6.21. The molecule has 7 nitrogen and oxygen atoms in total. The van der Waals surface area contributed by atoms with Gasteiger partial charge in [0, 0.05) is 27.2 Å².